The third-order valence-corrected chi connectivity index (χ3v) is 5.27. The Balaban J connectivity index is 2.13. The molecule has 6 nitrogen and oxygen atoms in total. The molecule has 0 radical (unpaired) electrons. The van der Waals surface area contributed by atoms with Crippen molar-refractivity contribution in [1.29, 1.82) is 0 Å². The maximum atomic E-state index is 13.2. The van der Waals surface area contributed by atoms with E-state index in [4.69, 9.17) is 11.6 Å². The summed E-state index contributed by atoms with van der Waals surface area (Å²) in [6.07, 6.45) is 0.512. The SMILES string of the molecule is O=[N+]([O-])c1cc(F)c(Cl)cc1NCC1CCS(=O)(=O)C1. The number of nitrogens with zero attached hydrogens (tertiary/aromatic N) is 1. The van der Waals surface area contributed by atoms with Crippen LogP contribution in [0.15, 0.2) is 12.1 Å². The van der Waals surface area contributed by atoms with Gasteiger partial charge >= 0.3 is 0 Å². The summed E-state index contributed by atoms with van der Waals surface area (Å²) in [6.45, 7) is 0.266. The highest BCUT2D eigenvalue weighted by atomic mass is 35.5. The van der Waals surface area contributed by atoms with Gasteiger partial charge in [0.05, 0.1) is 27.5 Å². The van der Waals surface area contributed by atoms with E-state index in [2.05, 4.69) is 5.32 Å². The van der Waals surface area contributed by atoms with Gasteiger partial charge in [-0.05, 0) is 18.4 Å². The Morgan fingerprint density at radius 3 is 2.75 bits per heavy atom. The van der Waals surface area contributed by atoms with Crippen molar-refractivity contribution >= 4 is 32.8 Å². The fourth-order valence-corrected chi connectivity index (χ4v) is 4.14. The number of hydrogen-bond acceptors (Lipinski definition) is 5. The van der Waals surface area contributed by atoms with Gasteiger partial charge in [-0.25, -0.2) is 12.8 Å². The molecule has 0 saturated carbocycles. The molecule has 20 heavy (non-hydrogen) atoms. The summed E-state index contributed by atoms with van der Waals surface area (Å²) in [5.41, 5.74) is -0.335. The van der Waals surface area contributed by atoms with Gasteiger partial charge in [0.25, 0.3) is 5.69 Å². The lowest BCUT2D eigenvalue weighted by Crippen LogP contribution is -2.16. The Hall–Kier alpha value is -1.41. The predicted molar refractivity (Wildman–Crippen MR) is 73.3 cm³/mol. The Morgan fingerprint density at radius 2 is 2.20 bits per heavy atom. The summed E-state index contributed by atoms with van der Waals surface area (Å²) < 4.78 is 35.9. The van der Waals surface area contributed by atoms with E-state index in [-0.39, 0.29) is 34.7 Å². The largest absolute Gasteiger partial charge is 0.379 e. The van der Waals surface area contributed by atoms with E-state index in [0.717, 1.165) is 12.1 Å². The van der Waals surface area contributed by atoms with Crippen LogP contribution < -0.4 is 5.32 Å². The highest BCUT2D eigenvalue weighted by Crippen LogP contribution is 2.31. The molecule has 110 valence electrons. The topological polar surface area (TPSA) is 89.3 Å². The van der Waals surface area contributed by atoms with Gasteiger partial charge in [0.2, 0.25) is 0 Å². The molecule has 1 heterocycles. The Labute approximate surface area is 120 Å². The normalized spacial score (nSPS) is 20.8. The van der Waals surface area contributed by atoms with Gasteiger partial charge in [0, 0.05) is 6.54 Å². The van der Waals surface area contributed by atoms with E-state index in [0.29, 0.717) is 6.42 Å². The zero-order valence-corrected chi connectivity index (χ0v) is 11.9. The van der Waals surface area contributed by atoms with Crippen LogP contribution in [-0.4, -0.2) is 31.4 Å². The summed E-state index contributed by atoms with van der Waals surface area (Å²) in [4.78, 5) is 10.1. The first-order valence-electron chi connectivity index (χ1n) is 5.86. The number of nitrogens with one attached hydrogen (secondary N) is 1. The van der Waals surface area contributed by atoms with E-state index in [1.807, 2.05) is 0 Å². The molecule has 1 fully saturated rings. The van der Waals surface area contributed by atoms with Crippen molar-refractivity contribution in [2.45, 2.75) is 6.42 Å². The van der Waals surface area contributed by atoms with E-state index in [1.54, 1.807) is 0 Å². The van der Waals surface area contributed by atoms with Gasteiger partial charge in [-0.15, -0.1) is 0 Å². The lowest BCUT2D eigenvalue weighted by molar-refractivity contribution is -0.384. The van der Waals surface area contributed by atoms with E-state index in [1.165, 1.54) is 0 Å². The van der Waals surface area contributed by atoms with Crippen LogP contribution in [0.3, 0.4) is 0 Å². The quantitative estimate of drug-likeness (QED) is 0.678. The molecule has 1 N–H and O–H groups in total. The molecule has 1 unspecified atom stereocenters. The fourth-order valence-electron chi connectivity index (χ4n) is 2.12. The second-order valence-corrected chi connectivity index (χ2v) is 7.33. The number of nitro groups is 1. The molecule has 9 heteroatoms. The van der Waals surface area contributed by atoms with Crippen LogP contribution in [0.25, 0.3) is 0 Å². The third-order valence-electron chi connectivity index (χ3n) is 3.14. The minimum Gasteiger partial charge on any atom is -0.379 e. The zero-order valence-electron chi connectivity index (χ0n) is 10.3. The zero-order chi connectivity index (χ0) is 14.9. The molecule has 1 aliphatic heterocycles. The molecule has 0 spiro atoms. The molecular weight excluding hydrogens is 311 g/mol. The van der Waals surface area contributed by atoms with Crippen LogP contribution in [0.1, 0.15) is 6.42 Å². The van der Waals surface area contributed by atoms with Gasteiger partial charge in [0.15, 0.2) is 9.84 Å². The Bertz CT molecular complexity index is 650. The standard InChI is InChI=1S/C11H12ClFN2O4S/c12-8-3-10(11(15(16)17)4-9(8)13)14-5-7-1-2-20(18,19)6-7/h3-4,7,14H,1-2,5-6H2. The summed E-state index contributed by atoms with van der Waals surface area (Å²) in [6, 6.07) is 1.88. The number of nitro benzene ring substituents is 1. The first-order chi connectivity index (χ1) is 9.28. The van der Waals surface area contributed by atoms with Crippen LogP contribution in [0.5, 0.6) is 0 Å². The first-order valence-corrected chi connectivity index (χ1v) is 8.06. The van der Waals surface area contributed by atoms with Gasteiger partial charge < -0.3 is 5.32 Å². The van der Waals surface area contributed by atoms with Crippen molar-refractivity contribution in [3.05, 3.63) is 33.1 Å². The molecule has 1 atom stereocenters. The Kier molecular flexibility index (Phi) is 4.14. The van der Waals surface area contributed by atoms with Crippen molar-refractivity contribution < 1.29 is 17.7 Å². The smallest absolute Gasteiger partial charge is 0.295 e. The maximum Gasteiger partial charge on any atom is 0.295 e. The summed E-state index contributed by atoms with van der Waals surface area (Å²) in [5, 5.41) is 13.4. The highest BCUT2D eigenvalue weighted by molar-refractivity contribution is 7.91. The summed E-state index contributed by atoms with van der Waals surface area (Å²) in [7, 11) is -3.00. The first kappa shape index (κ1) is 15.0. The molecule has 1 saturated heterocycles. The van der Waals surface area contributed by atoms with Gasteiger partial charge in [0.1, 0.15) is 11.5 Å². The van der Waals surface area contributed by atoms with Crippen LogP contribution in [-0.2, 0) is 9.84 Å². The average Bonchev–Trinajstić information content (AvgIpc) is 2.69. The van der Waals surface area contributed by atoms with Gasteiger partial charge in [-0.1, -0.05) is 11.6 Å². The van der Waals surface area contributed by atoms with Crippen molar-refractivity contribution in [1.82, 2.24) is 0 Å². The molecule has 1 aromatic carbocycles. The number of benzene rings is 1. The van der Waals surface area contributed by atoms with Gasteiger partial charge in [-0.3, -0.25) is 10.1 Å². The maximum absolute atomic E-state index is 13.2. The molecule has 0 amide bonds. The van der Waals surface area contributed by atoms with Crippen molar-refractivity contribution in [3.8, 4) is 0 Å². The van der Waals surface area contributed by atoms with Crippen molar-refractivity contribution in [2.75, 3.05) is 23.4 Å². The van der Waals surface area contributed by atoms with Gasteiger partial charge in [-0.2, -0.15) is 0 Å². The number of halogens is 2. The number of hydrogen-bond donors (Lipinski definition) is 1. The fraction of sp³-hybridized carbons (Fsp3) is 0.455. The molecule has 0 aromatic heterocycles. The molecular formula is C11H12ClFN2O4S. The summed E-state index contributed by atoms with van der Waals surface area (Å²) >= 11 is 5.60. The van der Waals surface area contributed by atoms with E-state index < -0.39 is 26.3 Å². The number of rotatable bonds is 4. The third kappa shape index (κ3) is 3.37. The van der Waals surface area contributed by atoms with Crippen LogP contribution >= 0.6 is 11.6 Å². The van der Waals surface area contributed by atoms with Crippen molar-refractivity contribution in [3.63, 3.8) is 0 Å². The minimum atomic E-state index is -3.00. The predicted octanol–water partition coefficient (Wildman–Crippen LogP) is 2.23. The van der Waals surface area contributed by atoms with Crippen molar-refractivity contribution in [2.24, 2.45) is 5.92 Å². The molecule has 1 aliphatic rings. The highest BCUT2D eigenvalue weighted by Gasteiger charge is 2.28. The molecule has 2 rings (SSSR count). The number of sulfone groups is 1. The van der Waals surface area contributed by atoms with E-state index >= 15 is 0 Å². The second-order valence-electron chi connectivity index (χ2n) is 4.69. The monoisotopic (exact) mass is 322 g/mol. The lowest BCUT2D eigenvalue weighted by atomic mass is 10.1. The summed E-state index contributed by atoms with van der Waals surface area (Å²) in [5.74, 6) is -0.787. The Morgan fingerprint density at radius 1 is 1.50 bits per heavy atom. The van der Waals surface area contributed by atoms with Crippen LogP contribution in [0.4, 0.5) is 15.8 Å². The lowest BCUT2D eigenvalue weighted by Gasteiger charge is -2.11. The molecule has 0 bridgehead atoms. The minimum absolute atomic E-state index is 0.0583. The molecule has 0 aliphatic carbocycles. The van der Waals surface area contributed by atoms with E-state index in [9.17, 15) is 22.9 Å². The average molecular weight is 323 g/mol. The number of anilines is 1. The molecule has 1 aromatic rings. The van der Waals surface area contributed by atoms with Crippen LogP contribution in [0, 0.1) is 21.8 Å². The second kappa shape index (κ2) is 5.53. The van der Waals surface area contributed by atoms with Crippen LogP contribution in [0.2, 0.25) is 5.02 Å².